The number of urea groups is 1. The molecule has 1 aliphatic rings. The number of pyridine rings is 1. The van der Waals surface area contributed by atoms with Crippen molar-refractivity contribution in [3.8, 4) is 16.9 Å². The number of benzene rings is 2. The predicted octanol–water partition coefficient (Wildman–Crippen LogP) is 5.06. The van der Waals surface area contributed by atoms with Crippen molar-refractivity contribution >= 4 is 46.6 Å². The number of halogens is 2. The van der Waals surface area contributed by atoms with Crippen LogP contribution in [-0.2, 0) is 4.79 Å². The highest BCUT2D eigenvalue weighted by Crippen LogP contribution is 2.35. The smallest absolute Gasteiger partial charge is 0.319 e. The van der Waals surface area contributed by atoms with Crippen LogP contribution in [-0.4, -0.2) is 66.0 Å². The first-order valence-electron chi connectivity index (χ1n) is 12.7. The number of anilines is 2. The van der Waals surface area contributed by atoms with Crippen molar-refractivity contribution in [2.45, 2.75) is 20.0 Å². The SMILES string of the molecule is CC(=O)N1CCN(CCNC(=O)Nc2ccc(-c3cnc(N)c(OC(C)c4c(Cl)cccc4Cl)c3)cc2)CC1. The zero-order valence-corrected chi connectivity index (χ0v) is 23.4. The van der Waals surface area contributed by atoms with Gasteiger partial charge in [-0.05, 0) is 42.8 Å². The summed E-state index contributed by atoms with van der Waals surface area (Å²) in [6, 6.07) is 14.2. The Labute approximate surface area is 238 Å². The molecule has 1 fully saturated rings. The number of hydrogen-bond donors (Lipinski definition) is 3. The van der Waals surface area contributed by atoms with Crippen LogP contribution < -0.4 is 21.1 Å². The average molecular weight is 572 g/mol. The maximum Gasteiger partial charge on any atom is 0.319 e. The van der Waals surface area contributed by atoms with Gasteiger partial charge in [-0.15, -0.1) is 0 Å². The van der Waals surface area contributed by atoms with E-state index in [4.69, 9.17) is 33.7 Å². The van der Waals surface area contributed by atoms with Crippen LogP contribution in [0.3, 0.4) is 0 Å². The Morgan fingerprint density at radius 2 is 1.72 bits per heavy atom. The lowest BCUT2D eigenvalue weighted by molar-refractivity contribution is -0.130. The van der Waals surface area contributed by atoms with Gasteiger partial charge < -0.3 is 26.0 Å². The first kappa shape index (κ1) is 28.5. The quantitative estimate of drug-likeness (QED) is 0.348. The summed E-state index contributed by atoms with van der Waals surface area (Å²) in [6.45, 7) is 7.75. The van der Waals surface area contributed by atoms with Gasteiger partial charge in [0.2, 0.25) is 5.91 Å². The van der Waals surface area contributed by atoms with E-state index in [-0.39, 0.29) is 17.8 Å². The van der Waals surface area contributed by atoms with Crippen LogP contribution in [0.2, 0.25) is 10.0 Å². The molecule has 3 amide bonds. The van der Waals surface area contributed by atoms with Gasteiger partial charge in [-0.1, -0.05) is 41.4 Å². The number of carbonyl (C=O) groups excluding carboxylic acids is 2. The van der Waals surface area contributed by atoms with Gasteiger partial charge in [0.15, 0.2) is 11.6 Å². The molecule has 3 aromatic rings. The molecular weight excluding hydrogens is 539 g/mol. The molecule has 1 atom stereocenters. The van der Waals surface area contributed by atoms with Crippen LogP contribution in [0.25, 0.3) is 11.1 Å². The van der Waals surface area contributed by atoms with E-state index < -0.39 is 6.10 Å². The number of aromatic nitrogens is 1. The zero-order chi connectivity index (χ0) is 27.9. The minimum Gasteiger partial charge on any atom is -0.482 e. The summed E-state index contributed by atoms with van der Waals surface area (Å²) in [5, 5.41) is 6.75. The Balaban J connectivity index is 1.31. The van der Waals surface area contributed by atoms with E-state index in [9.17, 15) is 9.59 Å². The molecule has 2 heterocycles. The Bertz CT molecular complexity index is 1290. The third kappa shape index (κ3) is 7.53. The molecule has 1 aromatic heterocycles. The lowest BCUT2D eigenvalue weighted by Crippen LogP contribution is -2.49. The normalized spacial score (nSPS) is 14.5. The molecule has 1 aliphatic heterocycles. The Morgan fingerprint density at radius 3 is 2.36 bits per heavy atom. The Hall–Kier alpha value is -3.53. The predicted molar refractivity (Wildman–Crippen MR) is 155 cm³/mol. The number of nitrogen functional groups attached to an aromatic ring is 1. The first-order valence-corrected chi connectivity index (χ1v) is 13.5. The number of nitrogens with zero attached hydrogens (tertiary/aromatic N) is 3. The van der Waals surface area contributed by atoms with Gasteiger partial charge in [-0.2, -0.15) is 0 Å². The van der Waals surface area contributed by atoms with E-state index in [2.05, 4.69) is 20.5 Å². The second-order valence-corrected chi connectivity index (χ2v) is 10.1. The highest BCUT2D eigenvalue weighted by Gasteiger charge is 2.19. The van der Waals surface area contributed by atoms with Gasteiger partial charge in [-0.3, -0.25) is 9.69 Å². The fourth-order valence-corrected chi connectivity index (χ4v) is 5.10. The number of carbonyl (C=O) groups is 2. The molecule has 11 heteroatoms. The van der Waals surface area contributed by atoms with Gasteiger partial charge >= 0.3 is 6.03 Å². The molecule has 2 aromatic carbocycles. The summed E-state index contributed by atoms with van der Waals surface area (Å²) < 4.78 is 6.09. The summed E-state index contributed by atoms with van der Waals surface area (Å²) in [6.07, 6.45) is 1.22. The third-order valence-corrected chi connectivity index (χ3v) is 7.26. The van der Waals surface area contributed by atoms with Gasteiger partial charge in [0.1, 0.15) is 6.10 Å². The summed E-state index contributed by atoms with van der Waals surface area (Å²) in [5.41, 5.74) is 9.10. The molecular formula is C28H32Cl2N6O3. The summed E-state index contributed by atoms with van der Waals surface area (Å²) >= 11 is 12.7. The van der Waals surface area contributed by atoms with Crippen LogP contribution in [0, 0.1) is 0 Å². The maximum atomic E-state index is 12.3. The molecule has 0 radical (unpaired) electrons. The van der Waals surface area contributed by atoms with E-state index in [1.165, 1.54) is 0 Å². The second kappa shape index (κ2) is 13.0. The largest absolute Gasteiger partial charge is 0.482 e. The fraction of sp³-hybridized carbons (Fsp3) is 0.321. The van der Waals surface area contributed by atoms with E-state index in [0.717, 1.165) is 43.9 Å². The number of ether oxygens (including phenoxy) is 1. The molecule has 4 rings (SSSR count). The lowest BCUT2D eigenvalue weighted by atomic mass is 10.1. The first-order chi connectivity index (χ1) is 18.7. The lowest BCUT2D eigenvalue weighted by Gasteiger charge is -2.34. The van der Waals surface area contributed by atoms with E-state index in [1.54, 1.807) is 31.3 Å². The number of piperazine rings is 1. The monoisotopic (exact) mass is 570 g/mol. The fourth-order valence-electron chi connectivity index (χ4n) is 4.39. The van der Waals surface area contributed by atoms with E-state index in [1.807, 2.05) is 42.2 Å². The van der Waals surface area contributed by atoms with Crippen LogP contribution in [0.5, 0.6) is 5.75 Å². The summed E-state index contributed by atoms with van der Waals surface area (Å²) in [5.74, 6) is 0.776. The number of hydrogen-bond acceptors (Lipinski definition) is 6. The van der Waals surface area contributed by atoms with Crippen molar-refractivity contribution < 1.29 is 14.3 Å². The van der Waals surface area contributed by atoms with Crippen LogP contribution in [0.4, 0.5) is 16.3 Å². The van der Waals surface area contributed by atoms with Crippen LogP contribution in [0.1, 0.15) is 25.5 Å². The molecule has 1 saturated heterocycles. The number of nitrogens with one attached hydrogen (secondary N) is 2. The van der Waals surface area contributed by atoms with Crippen molar-refractivity contribution in [1.29, 1.82) is 0 Å². The van der Waals surface area contributed by atoms with Crippen LogP contribution >= 0.6 is 23.2 Å². The summed E-state index contributed by atoms with van der Waals surface area (Å²) in [7, 11) is 0. The molecule has 0 bridgehead atoms. The molecule has 9 nitrogen and oxygen atoms in total. The highest BCUT2D eigenvalue weighted by molar-refractivity contribution is 6.36. The summed E-state index contributed by atoms with van der Waals surface area (Å²) in [4.78, 5) is 32.1. The molecule has 0 aliphatic carbocycles. The van der Waals surface area contributed by atoms with Gasteiger partial charge in [-0.25, -0.2) is 9.78 Å². The van der Waals surface area contributed by atoms with Crippen molar-refractivity contribution in [2.75, 3.05) is 50.3 Å². The second-order valence-electron chi connectivity index (χ2n) is 9.31. The van der Waals surface area contributed by atoms with Gasteiger partial charge in [0.05, 0.1) is 0 Å². The number of rotatable bonds is 8. The zero-order valence-electron chi connectivity index (χ0n) is 21.9. The molecule has 39 heavy (non-hydrogen) atoms. The number of amides is 3. The maximum absolute atomic E-state index is 12.3. The molecule has 0 spiro atoms. The molecule has 1 unspecified atom stereocenters. The Kier molecular flexibility index (Phi) is 9.50. The number of nitrogens with two attached hydrogens (primary N) is 1. The third-order valence-electron chi connectivity index (χ3n) is 6.60. The standard InChI is InChI=1S/C28H32Cl2N6O3/c1-18(26-23(29)4-3-5-24(26)30)39-25-16-21(17-33-27(25)31)20-6-8-22(9-7-20)34-28(38)32-10-11-35-12-14-36(15-13-35)19(2)37/h3-9,16-18H,10-15H2,1-2H3,(H2,31,33)(H2,32,34,38). The minimum atomic E-state index is -0.444. The van der Waals surface area contributed by atoms with Crippen LogP contribution in [0.15, 0.2) is 54.7 Å². The van der Waals surface area contributed by atoms with Crippen molar-refractivity contribution in [1.82, 2.24) is 20.1 Å². The van der Waals surface area contributed by atoms with Gasteiger partial charge in [0, 0.05) is 79.2 Å². The highest BCUT2D eigenvalue weighted by atomic mass is 35.5. The Morgan fingerprint density at radius 1 is 1.05 bits per heavy atom. The van der Waals surface area contributed by atoms with E-state index in [0.29, 0.717) is 33.6 Å². The molecule has 0 saturated carbocycles. The topological polar surface area (TPSA) is 113 Å². The van der Waals surface area contributed by atoms with Crippen molar-refractivity contribution in [2.24, 2.45) is 0 Å². The molecule has 206 valence electrons. The van der Waals surface area contributed by atoms with Gasteiger partial charge in [0.25, 0.3) is 0 Å². The van der Waals surface area contributed by atoms with Crippen molar-refractivity contribution in [3.63, 3.8) is 0 Å². The minimum absolute atomic E-state index is 0.105. The molecule has 4 N–H and O–H groups in total. The average Bonchev–Trinajstić information content (AvgIpc) is 2.90. The van der Waals surface area contributed by atoms with Crippen molar-refractivity contribution in [3.05, 3.63) is 70.3 Å². The van der Waals surface area contributed by atoms with E-state index >= 15 is 0 Å².